The first-order valence-corrected chi connectivity index (χ1v) is 8.89. The topological polar surface area (TPSA) is 78.9 Å². The molecule has 1 heterocycles. The van der Waals surface area contributed by atoms with E-state index in [0.29, 0.717) is 41.5 Å². The van der Waals surface area contributed by atoms with Gasteiger partial charge >= 0.3 is 0 Å². The number of likely N-dealkylation sites (tertiary alicyclic amines) is 1. The van der Waals surface area contributed by atoms with Gasteiger partial charge in [0.15, 0.2) is 0 Å². The van der Waals surface area contributed by atoms with Gasteiger partial charge in [-0.2, -0.15) is 0 Å². The van der Waals surface area contributed by atoms with Crippen molar-refractivity contribution in [2.45, 2.75) is 31.4 Å². The van der Waals surface area contributed by atoms with Gasteiger partial charge in [-0.15, -0.1) is 0 Å². The van der Waals surface area contributed by atoms with Crippen LogP contribution in [0.4, 0.5) is 0 Å². The molecule has 0 spiro atoms. The summed E-state index contributed by atoms with van der Waals surface area (Å²) in [6.45, 7) is 1.05. The van der Waals surface area contributed by atoms with Crippen molar-refractivity contribution in [3.05, 3.63) is 33.8 Å². The largest absolute Gasteiger partial charge is 0.391 e. The molecule has 1 fully saturated rings. The molecule has 1 aromatic rings. The molecule has 1 saturated heterocycles. The Morgan fingerprint density at radius 2 is 2.04 bits per heavy atom. The van der Waals surface area contributed by atoms with Crippen LogP contribution in [0, 0.1) is 0 Å². The average molecular weight is 389 g/mol. The summed E-state index contributed by atoms with van der Waals surface area (Å²) in [7, 11) is 1.51. The molecule has 2 amide bonds. The fourth-order valence-electron chi connectivity index (χ4n) is 2.88. The molecule has 25 heavy (non-hydrogen) atoms. The first-order valence-electron chi connectivity index (χ1n) is 8.14. The van der Waals surface area contributed by atoms with Crippen molar-refractivity contribution >= 4 is 35.0 Å². The number of aliphatic hydroxyl groups excluding tert-OH is 1. The second-order valence-corrected chi connectivity index (χ2v) is 6.88. The Morgan fingerprint density at radius 1 is 1.36 bits per heavy atom. The van der Waals surface area contributed by atoms with Crippen LogP contribution in [0.1, 0.15) is 29.6 Å². The summed E-state index contributed by atoms with van der Waals surface area (Å²) < 4.78 is 4.84. The highest BCUT2D eigenvalue weighted by Crippen LogP contribution is 2.24. The van der Waals surface area contributed by atoms with Gasteiger partial charge in [-0.25, -0.2) is 0 Å². The lowest BCUT2D eigenvalue weighted by molar-refractivity contribution is -0.124. The molecule has 0 saturated carbocycles. The van der Waals surface area contributed by atoms with Gasteiger partial charge in [0.05, 0.1) is 12.7 Å². The molecule has 0 radical (unpaired) electrons. The molecule has 138 valence electrons. The standard InChI is InChI=1S/C17H22Cl2N2O4/c1-25-10-14(22)4-5-20-16(23)15-3-2-6-21(15)17(24)11-7-12(18)9-13(19)8-11/h7-9,14-15,22H,2-6,10H2,1H3,(H,20,23). The first-order chi connectivity index (χ1) is 11.9. The summed E-state index contributed by atoms with van der Waals surface area (Å²) in [5.41, 5.74) is 0.368. The average Bonchev–Trinajstić information content (AvgIpc) is 3.03. The van der Waals surface area contributed by atoms with Crippen molar-refractivity contribution < 1.29 is 19.4 Å². The Hall–Kier alpha value is -1.34. The van der Waals surface area contributed by atoms with Crippen LogP contribution in [0.25, 0.3) is 0 Å². The molecule has 0 bridgehead atoms. The molecule has 1 aliphatic heterocycles. The maximum absolute atomic E-state index is 12.7. The molecule has 6 nitrogen and oxygen atoms in total. The minimum absolute atomic E-state index is 0.219. The van der Waals surface area contributed by atoms with Crippen molar-refractivity contribution in [1.29, 1.82) is 0 Å². The summed E-state index contributed by atoms with van der Waals surface area (Å²) in [6.07, 6.45) is 1.13. The molecule has 2 unspecified atom stereocenters. The smallest absolute Gasteiger partial charge is 0.254 e. The number of methoxy groups -OCH3 is 1. The lowest BCUT2D eigenvalue weighted by atomic mass is 10.1. The third-order valence-corrected chi connectivity index (χ3v) is 4.50. The number of carbonyl (C=O) groups is 2. The number of amides is 2. The van der Waals surface area contributed by atoms with E-state index in [-0.39, 0.29) is 18.4 Å². The lowest BCUT2D eigenvalue weighted by Gasteiger charge is -2.24. The number of rotatable bonds is 7. The molecule has 0 aromatic heterocycles. The van der Waals surface area contributed by atoms with E-state index in [2.05, 4.69) is 5.32 Å². The summed E-state index contributed by atoms with van der Waals surface area (Å²) in [6, 6.07) is 4.12. The van der Waals surface area contributed by atoms with E-state index in [0.717, 1.165) is 6.42 Å². The zero-order valence-electron chi connectivity index (χ0n) is 14.0. The van der Waals surface area contributed by atoms with E-state index < -0.39 is 12.1 Å². The zero-order valence-corrected chi connectivity index (χ0v) is 15.5. The molecule has 2 N–H and O–H groups in total. The summed E-state index contributed by atoms with van der Waals surface area (Å²) in [5.74, 6) is -0.481. The highest BCUT2D eigenvalue weighted by Gasteiger charge is 2.34. The quantitative estimate of drug-likeness (QED) is 0.749. The van der Waals surface area contributed by atoms with E-state index in [1.54, 1.807) is 23.1 Å². The maximum atomic E-state index is 12.7. The predicted octanol–water partition coefficient (Wildman–Crippen LogP) is 2.11. The number of ether oxygens (including phenoxy) is 1. The molecule has 1 aliphatic rings. The van der Waals surface area contributed by atoms with Gasteiger partial charge in [0, 0.05) is 35.8 Å². The van der Waals surface area contributed by atoms with Crippen LogP contribution >= 0.6 is 23.2 Å². The maximum Gasteiger partial charge on any atom is 0.254 e. The van der Waals surface area contributed by atoms with Gasteiger partial charge < -0.3 is 20.1 Å². The first kappa shape index (κ1) is 20.0. The van der Waals surface area contributed by atoms with E-state index in [4.69, 9.17) is 27.9 Å². The molecule has 0 aliphatic carbocycles. The van der Waals surface area contributed by atoms with Crippen LogP contribution in [0.2, 0.25) is 10.0 Å². The minimum Gasteiger partial charge on any atom is -0.391 e. The van der Waals surface area contributed by atoms with E-state index in [9.17, 15) is 14.7 Å². The van der Waals surface area contributed by atoms with Crippen molar-refractivity contribution in [2.24, 2.45) is 0 Å². The summed E-state index contributed by atoms with van der Waals surface area (Å²) in [5, 5.41) is 13.1. The summed E-state index contributed by atoms with van der Waals surface area (Å²) >= 11 is 11.9. The SMILES string of the molecule is COCC(O)CCNC(=O)C1CCCN1C(=O)c1cc(Cl)cc(Cl)c1. The number of halogens is 2. The van der Waals surface area contributed by atoms with Crippen molar-refractivity contribution in [1.82, 2.24) is 10.2 Å². The fourth-order valence-corrected chi connectivity index (χ4v) is 3.41. The Morgan fingerprint density at radius 3 is 2.68 bits per heavy atom. The zero-order chi connectivity index (χ0) is 18.4. The third-order valence-electron chi connectivity index (χ3n) is 4.06. The summed E-state index contributed by atoms with van der Waals surface area (Å²) in [4.78, 5) is 26.6. The number of carbonyl (C=O) groups excluding carboxylic acids is 2. The highest BCUT2D eigenvalue weighted by atomic mass is 35.5. The number of aliphatic hydroxyl groups is 1. The van der Waals surface area contributed by atoms with Gasteiger partial charge in [0.25, 0.3) is 5.91 Å². The van der Waals surface area contributed by atoms with Crippen molar-refractivity contribution in [2.75, 3.05) is 26.8 Å². The fraction of sp³-hybridized carbons (Fsp3) is 0.529. The third kappa shape index (κ3) is 5.57. The number of nitrogens with one attached hydrogen (secondary N) is 1. The number of hydrogen-bond donors (Lipinski definition) is 2. The predicted molar refractivity (Wildman–Crippen MR) is 96.0 cm³/mol. The van der Waals surface area contributed by atoms with Crippen molar-refractivity contribution in [3.8, 4) is 0 Å². The number of nitrogens with zero attached hydrogens (tertiary/aromatic N) is 1. The minimum atomic E-state index is -0.625. The molecule has 2 atom stereocenters. The Labute approximate surface area is 157 Å². The van der Waals surface area contributed by atoms with Gasteiger partial charge in [0.1, 0.15) is 6.04 Å². The Balaban J connectivity index is 1.96. The normalized spacial score (nSPS) is 18.2. The number of hydrogen-bond acceptors (Lipinski definition) is 4. The highest BCUT2D eigenvalue weighted by molar-refractivity contribution is 6.35. The van der Waals surface area contributed by atoms with Crippen LogP contribution in [-0.2, 0) is 9.53 Å². The molecule has 1 aromatic carbocycles. The molecular formula is C17H22Cl2N2O4. The van der Waals surface area contributed by atoms with Gasteiger partial charge in [-0.05, 0) is 37.5 Å². The molecular weight excluding hydrogens is 367 g/mol. The second kappa shape index (κ2) is 9.38. The molecule has 2 rings (SSSR count). The van der Waals surface area contributed by atoms with Crippen LogP contribution < -0.4 is 5.32 Å². The number of benzene rings is 1. The molecule has 8 heteroatoms. The van der Waals surface area contributed by atoms with Crippen LogP contribution in [-0.4, -0.2) is 60.8 Å². The van der Waals surface area contributed by atoms with Crippen LogP contribution in [0.15, 0.2) is 18.2 Å². The monoisotopic (exact) mass is 388 g/mol. The van der Waals surface area contributed by atoms with Crippen molar-refractivity contribution in [3.63, 3.8) is 0 Å². The van der Waals surface area contributed by atoms with Gasteiger partial charge in [-0.1, -0.05) is 23.2 Å². The Kier molecular flexibility index (Phi) is 7.50. The lowest BCUT2D eigenvalue weighted by Crippen LogP contribution is -2.46. The van der Waals surface area contributed by atoms with Gasteiger partial charge in [-0.3, -0.25) is 9.59 Å². The second-order valence-electron chi connectivity index (χ2n) is 6.00. The van der Waals surface area contributed by atoms with E-state index >= 15 is 0 Å². The van der Waals surface area contributed by atoms with Gasteiger partial charge in [0.2, 0.25) is 5.91 Å². The Bertz CT molecular complexity index is 606. The van der Waals surface area contributed by atoms with Crippen LogP contribution in [0.3, 0.4) is 0 Å². The van der Waals surface area contributed by atoms with Crippen LogP contribution in [0.5, 0.6) is 0 Å². The van der Waals surface area contributed by atoms with E-state index in [1.807, 2.05) is 0 Å². The van der Waals surface area contributed by atoms with E-state index in [1.165, 1.54) is 7.11 Å².